The minimum absolute atomic E-state index is 0.0324. The lowest BCUT2D eigenvalue weighted by molar-refractivity contribution is -0.136. The lowest BCUT2D eigenvalue weighted by Crippen LogP contribution is -2.51. The number of pyridine rings is 1. The first kappa shape index (κ1) is 22.1. The van der Waals surface area contributed by atoms with Gasteiger partial charge in [0, 0.05) is 67.9 Å². The number of aromatic nitrogens is 3. The molecule has 0 bridgehead atoms. The summed E-state index contributed by atoms with van der Waals surface area (Å²) in [5.74, 6) is 1.10. The quantitative estimate of drug-likeness (QED) is 0.603. The van der Waals surface area contributed by atoms with Crippen molar-refractivity contribution in [2.24, 2.45) is 5.92 Å². The number of carbonyl (C=O) groups excluding carboxylic acids is 2. The number of rotatable bonds is 5. The van der Waals surface area contributed by atoms with Crippen LogP contribution in [0, 0.1) is 5.92 Å². The third-order valence-corrected chi connectivity index (χ3v) is 6.38. The SMILES string of the molecule is O=C(C1CC(=O)N(c2ccc(Cl)cc2)C1)N1CCN(c2ccc(Nc3ccncc3)nn2)CC1. The highest BCUT2D eigenvalue weighted by atomic mass is 35.5. The number of hydrogen-bond acceptors (Lipinski definition) is 7. The zero-order chi connectivity index (χ0) is 23.5. The molecule has 0 aliphatic carbocycles. The van der Waals surface area contributed by atoms with E-state index in [0.29, 0.717) is 43.6 Å². The number of benzene rings is 1. The molecule has 2 amide bonds. The molecule has 10 heteroatoms. The van der Waals surface area contributed by atoms with Crippen molar-refractivity contribution in [3.63, 3.8) is 0 Å². The first-order chi connectivity index (χ1) is 16.6. The average Bonchev–Trinajstić information content (AvgIpc) is 3.27. The lowest BCUT2D eigenvalue weighted by atomic mass is 10.1. The molecule has 2 aromatic heterocycles. The summed E-state index contributed by atoms with van der Waals surface area (Å²) < 4.78 is 0. The van der Waals surface area contributed by atoms with E-state index in [0.717, 1.165) is 17.2 Å². The Morgan fingerprint density at radius 1 is 0.941 bits per heavy atom. The Balaban J connectivity index is 1.15. The standard InChI is InChI=1S/C24H24ClN7O2/c25-18-1-3-20(4-2-18)32-16-17(15-23(32)33)24(34)31-13-11-30(12-14-31)22-6-5-21(28-29-22)27-19-7-9-26-10-8-19/h1-10,17H,11-16H2,(H,26,27,28). The number of nitrogens with one attached hydrogen (secondary N) is 1. The van der Waals surface area contributed by atoms with Gasteiger partial charge in [0.05, 0.1) is 5.92 Å². The second-order valence-corrected chi connectivity index (χ2v) is 8.77. The minimum Gasteiger partial charge on any atom is -0.352 e. The summed E-state index contributed by atoms with van der Waals surface area (Å²) in [6.07, 6.45) is 3.66. The molecule has 9 nitrogen and oxygen atoms in total. The van der Waals surface area contributed by atoms with Crippen LogP contribution in [-0.4, -0.2) is 64.6 Å². The predicted octanol–water partition coefficient (Wildman–Crippen LogP) is 2.97. The van der Waals surface area contributed by atoms with Crippen LogP contribution in [0.2, 0.25) is 5.02 Å². The molecule has 1 N–H and O–H groups in total. The number of amides is 2. The molecule has 2 fully saturated rings. The summed E-state index contributed by atoms with van der Waals surface area (Å²) in [6, 6.07) is 14.7. The highest BCUT2D eigenvalue weighted by Gasteiger charge is 2.38. The maximum Gasteiger partial charge on any atom is 0.228 e. The molecule has 174 valence electrons. The predicted molar refractivity (Wildman–Crippen MR) is 130 cm³/mol. The lowest BCUT2D eigenvalue weighted by Gasteiger charge is -2.36. The number of carbonyl (C=O) groups is 2. The van der Waals surface area contributed by atoms with E-state index in [9.17, 15) is 9.59 Å². The van der Waals surface area contributed by atoms with Crippen molar-refractivity contribution in [3.8, 4) is 0 Å². The maximum atomic E-state index is 13.1. The van der Waals surface area contributed by atoms with Crippen LogP contribution in [0.15, 0.2) is 60.9 Å². The molecule has 0 spiro atoms. The summed E-state index contributed by atoms with van der Waals surface area (Å²) in [4.78, 5) is 35.3. The van der Waals surface area contributed by atoms with Crippen molar-refractivity contribution in [1.82, 2.24) is 20.1 Å². The number of halogens is 1. The van der Waals surface area contributed by atoms with Gasteiger partial charge in [-0.25, -0.2) is 0 Å². The van der Waals surface area contributed by atoms with Gasteiger partial charge in [-0.1, -0.05) is 11.6 Å². The monoisotopic (exact) mass is 477 g/mol. The van der Waals surface area contributed by atoms with Gasteiger partial charge >= 0.3 is 0 Å². The van der Waals surface area contributed by atoms with Crippen molar-refractivity contribution >= 4 is 46.4 Å². The topological polar surface area (TPSA) is 94.6 Å². The van der Waals surface area contributed by atoms with E-state index in [2.05, 4.69) is 25.4 Å². The molecule has 34 heavy (non-hydrogen) atoms. The van der Waals surface area contributed by atoms with E-state index in [1.807, 2.05) is 41.3 Å². The Labute approximate surface area is 202 Å². The highest BCUT2D eigenvalue weighted by Crippen LogP contribution is 2.28. The first-order valence-corrected chi connectivity index (χ1v) is 11.5. The molecule has 1 atom stereocenters. The Kier molecular flexibility index (Phi) is 6.27. The van der Waals surface area contributed by atoms with Gasteiger partial charge in [0.1, 0.15) is 0 Å². The molecule has 1 aromatic carbocycles. The van der Waals surface area contributed by atoms with Gasteiger partial charge in [-0.05, 0) is 48.5 Å². The third kappa shape index (κ3) is 4.79. The molecule has 2 aliphatic heterocycles. The largest absolute Gasteiger partial charge is 0.352 e. The summed E-state index contributed by atoms with van der Waals surface area (Å²) in [7, 11) is 0. The molecule has 2 saturated heterocycles. The van der Waals surface area contributed by atoms with E-state index >= 15 is 0 Å². The molecular weight excluding hydrogens is 454 g/mol. The summed E-state index contributed by atoms with van der Waals surface area (Å²) in [5.41, 5.74) is 1.67. The fourth-order valence-electron chi connectivity index (χ4n) is 4.30. The van der Waals surface area contributed by atoms with Gasteiger partial charge in [0.15, 0.2) is 11.6 Å². The van der Waals surface area contributed by atoms with Crippen molar-refractivity contribution < 1.29 is 9.59 Å². The normalized spacial score (nSPS) is 18.3. The van der Waals surface area contributed by atoms with Crippen molar-refractivity contribution in [2.75, 3.05) is 47.8 Å². The number of hydrogen-bond donors (Lipinski definition) is 1. The second kappa shape index (κ2) is 9.64. The summed E-state index contributed by atoms with van der Waals surface area (Å²) in [5, 5.41) is 12.4. The van der Waals surface area contributed by atoms with Crippen LogP contribution in [0.1, 0.15) is 6.42 Å². The van der Waals surface area contributed by atoms with Gasteiger partial charge in [-0.2, -0.15) is 0 Å². The summed E-state index contributed by atoms with van der Waals surface area (Å²) in [6.45, 7) is 2.90. The van der Waals surface area contributed by atoms with Gasteiger partial charge in [0.25, 0.3) is 0 Å². The van der Waals surface area contributed by atoms with E-state index in [1.54, 1.807) is 29.4 Å². The third-order valence-electron chi connectivity index (χ3n) is 6.13. The zero-order valence-corrected chi connectivity index (χ0v) is 19.2. The van der Waals surface area contributed by atoms with Crippen LogP contribution in [0.5, 0.6) is 0 Å². The van der Waals surface area contributed by atoms with Gasteiger partial charge in [-0.15, -0.1) is 10.2 Å². The molecule has 3 aromatic rings. The van der Waals surface area contributed by atoms with Crippen LogP contribution in [0.25, 0.3) is 0 Å². The minimum atomic E-state index is -0.326. The van der Waals surface area contributed by atoms with Crippen LogP contribution in [-0.2, 0) is 9.59 Å². The van der Waals surface area contributed by atoms with Gasteiger partial charge in [0.2, 0.25) is 11.8 Å². The number of anilines is 4. The fourth-order valence-corrected chi connectivity index (χ4v) is 4.43. The molecule has 1 unspecified atom stereocenters. The Morgan fingerprint density at radius 2 is 1.68 bits per heavy atom. The zero-order valence-electron chi connectivity index (χ0n) is 18.5. The van der Waals surface area contributed by atoms with Crippen LogP contribution < -0.4 is 15.1 Å². The first-order valence-electron chi connectivity index (χ1n) is 11.2. The second-order valence-electron chi connectivity index (χ2n) is 8.33. The number of piperazine rings is 1. The smallest absolute Gasteiger partial charge is 0.228 e. The van der Waals surface area contributed by atoms with Crippen LogP contribution in [0.3, 0.4) is 0 Å². The van der Waals surface area contributed by atoms with Crippen LogP contribution >= 0.6 is 11.6 Å². The van der Waals surface area contributed by atoms with E-state index in [1.165, 1.54) is 0 Å². The van der Waals surface area contributed by atoms with Crippen molar-refractivity contribution in [3.05, 3.63) is 65.9 Å². The Bertz CT molecular complexity index is 1150. The fraction of sp³-hybridized carbons (Fsp3) is 0.292. The maximum absolute atomic E-state index is 13.1. The van der Waals surface area contributed by atoms with E-state index in [4.69, 9.17) is 11.6 Å². The molecule has 0 saturated carbocycles. The van der Waals surface area contributed by atoms with Gasteiger partial charge in [-0.3, -0.25) is 14.6 Å². The molecule has 2 aliphatic rings. The van der Waals surface area contributed by atoms with Crippen molar-refractivity contribution in [1.29, 1.82) is 0 Å². The van der Waals surface area contributed by atoms with E-state index < -0.39 is 0 Å². The number of nitrogens with zero attached hydrogens (tertiary/aromatic N) is 6. The Hall–Kier alpha value is -3.72. The molecule has 0 radical (unpaired) electrons. The Morgan fingerprint density at radius 3 is 2.35 bits per heavy atom. The molecular formula is C24H24ClN7O2. The summed E-state index contributed by atoms with van der Waals surface area (Å²) >= 11 is 5.95. The van der Waals surface area contributed by atoms with Crippen LogP contribution in [0.4, 0.5) is 23.0 Å². The average molecular weight is 478 g/mol. The molecule has 4 heterocycles. The molecule has 5 rings (SSSR count). The highest BCUT2D eigenvalue weighted by molar-refractivity contribution is 6.30. The van der Waals surface area contributed by atoms with E-state index in [-0.39, 0.29) is 24.2 Å². The van der Waals surface area contributed by atoms with Gasteiger partial charge < -0.3 is 20.0 Å². The van der Waals surface area contributed by atoms with Crippen molar-refractivity contribution in [2.45, 2.75) is 6.42 Å².